The highest BCUT2D eigenvalue weighted by Crippen LogP contribution is 2.33. The van der Waals surface area contributed by atoms with E-state index in [9.17, 15) is 4.79 Å². The standard InChI is InChI=1S/C13H17Cl2N3O2/c1-20-12-7-10(15)9(14)6-11(12)17-8-13(19)18-4-2-16-3-5-18/h6-7,16-17H,2-5,8H2,1H3. The van der Waals surface area contributed by atoms with Crippen LogP contribution < -0.4 is 15.4 Å². The fraction of sp³-hybridized carbons (Fsp3) is 0.462. The van der Waals surface area contributed by atoms with Crippen molar-refractivity contribution in [2.45, 2.75) is 0 Å². The summed E-state index contributed by atoms with van der Waals surface area (Å²) < 4.78 is 5.22. The molecule has 20 heavy (non-hydrogen) atoms. The quantitative estimate of drug-likeness (QED) is 0.890. The highest BCUT2D eigenvalue weighted by molar-refractivity contribution is 6.42. The Morgan fingerprint density at radius 1 is 1.35 bits per heavy atom. The van der Waals surface area contributed by atoms with Gasteiger partial charge in [-0.1, -0.05) is 23.2 Å². The van der Waals surface area contributed by atoms with Crippen LogP contribution in [0.15, 0.2) is 12.1 Å². The van der Waals surface area contributed by atoms with E-state index in [1.165, 1.54) is 0 Å². The number of nitrogens with one attached hydrogen (secondary N) is 2. The van der Waals surface area contributed by atoms with Gasteiger partial charge in [-0.15, -0.1) is 0 Å². The summed E-state index contributed by atoms with van der Waals surface area (Å²) in [5.41, 5.74) is 0.658. The molecule has 1 fully saturated rings. The van der Waals surface area contributed by atoms with Crippen molar-refractivity contribution in [1.82, 2.24) is 10.2 Å². The number of benzene rings is 1. The lowest BCUT2D eigenvalue weighted by Gasteiger charge is -2.27. The fourth-order valence-corrected chi connectivity index (χ4v) is 2.35. The molecule has 1 aromatic rings. The van der Waals surface area contributed by atoms with E-state index in [0.29, 0.717) is 21.5 Å². The molecule has 1 aromatic carbocycles. The molecule has 1 saturated heterocycles. The zero-order chi connectivity index (χ0) is 14.5. The number of carbonyl (C=O) groups is 1. The lowest BCUT2D eigenvalue weighted by atomic mass is 10.2. The maximum absolute atomic E-state index is 12.1. The van der Waals surface area contributed by atoms with E-state index >= 15 is 0 Å². The molecule has 1 amide bonds. The van der Waals surface area contributed by atoms with E-state index in [1.54, 1.807) is 19.2 Å². The summed E-state index contributed by atoms with van der Waals surface area (Å²) in [4.78, 5) is 13.9. The predicted molar refractivity (Wildman–Crippen MR) is 81.0 cm³/mol. The Bertz CT molecular complexity index is 491. The third-order valence-electron chi connectivity index (χ3n) is 3.14. The van der Waals surface area contributed by atoms with Crippen molar-refractivity contribution in [2.24, 2.45) is 0 Å². The number of halogens is 2. The van der Waals surface area contributed by atoms with Gasteiger partial charge in [-0.2, -0.15) is 0 Å². The number of rotatable bonds is 4. The molecular weight excluding hydrogens is 301 g/mol. The summed E-state index contributed by atoms with van der Waals surface area (Å²) in [7, 11) is 1.54. The van der Waals surface area contributed by atoms with Crippen LogP contribution in [0.1, 0.15) is 0 Å². The van der Waals surface area contributed by atoms with Gasteiger partial charge >= 0.3 is 0 Å². The first-order chi connectivity index (χ1) is 9.61. The van der Waals surface area contributed by atoms with Gasteiger partial charge in [0.05, 0.1) is 29.4 Å². The third kappa shape index (κ3) is 3.69. The van der Waals surface area contributed by atoms with Gasteiger partial charge in [0.1, 0.15) is 5.75 Å². The number of piperazine rings is 1. The second-order valence-electron chi connectivity index (χ2n) is 4.45. The Morgan fingerprint density at radius 2 is 2.00 bits per heavy atom. The summed E-state index contributed by atoms with van der Waals surface area (Å²) in [6.07, 6.45) is 0. The monoisotopic (exact) mass is 317 g/mol. The van der Waals surface area contributed by atoms with Crippen molar-refractivity contribution in [2.75, 3.05) is 45.2 Å². The first kappa shape index (κ1) is 15.2. The van der Waals surface area contributed by atoms with E-state index in [2.05, 4.69) is 10.6 Å². The molecule has 0 aromatic heterocycles. The Morgan fingerprint density at radius 3 is 2.65 bits per heavy atom. The summed E-state index contributed by atoms with van der Waals surface area (Å²) in [5.74, 6) is 0.618. The van der Waals surface area contributed by atoms with Crippen LogP contribution >= 0.6 is 23.2 Å². The predicted octanol–water partition coefficient (Wildman–Crippen LogP) is 1.85. The minimum absolute atomic E-state index is 0.0552. The van der Waals surface area contributed by atoms with E-state index < -0.39 is 0 Å². The van der Waals surface area contributed by atoms with Crippen LogP contribution in [0.2, 0.25) is 10.0 Å². The molecule has 5 nitrogen and oxygen atoms in total. The number of methoxy groups -OCH3 is 1. The first-order valence-electron chi connectivity index (χ1n) is 6.37. The molecule has 2 rings (SSSR count). The zero-order valence-corrected chi connectivity index (χ0v) is 12.7. The molecule has 110 valence electrons. The highest BCUT2D eigenvalue weighted by atomic mass is 35.5. The van der Waals surface area contributed by atoms with Crippen LogP contribution in [0, 0.1) is 0 Å². The van der Waals surface area contributed by atoms with Crippen LogP contribution in [0.5, 0.6) is 5.75 Å². The first-order valence-corrected chi connectivity index (χ1v) is 7.13. The Balaban J connectivity index is 1.99. The van der Waals surface area contributed by atoms with Gasteiger partial charge in [-0.05, 0) is 6.07 Å². The molecule has 1 heterocycles. The second-order valence-corrected chi connectivity index (χ2v) is 5.27. The summed E-state index contributed by atoms with van der Waals surface area (Å²) in [6, 6.07) is 3.29. The Hall–Kier alpha value is -1.17. The van der Waals surface area contributed by atoms with Crippen LogP contribution in [-0.2, 0) is 4.79 Å². The number of hydrogen-bond acceptors (Lipinski definition) is 4. The summed E-state index contributed by atoms with van der Waals surface area (Å²) >= 11 is 11.9. The van der Waals surface area contributed by atoms with Crippen molar-refractivity contribution in [1.29, 1.82) is 0 Å². The van der Waals surface area contributed by atoms with Gasteiger partial charge in [0.2, 0.25) is 5.91 Å². The van der Waals surface area contributed by atoms with Crippen molar-refractivity contribution in [3.05, 3.63) is 22.2 Å². The largest absolute Gasteiger partial charge is 0.495 e. The van der Waals surface area contributed by atoms with Crippen LogP contribution in [0.4, 0.5) is 5.69 Å². The zero-order valence-electron chi connectivity index (χ0n) is 11.2. The van der Waals surface area contributed by atoms with E-state index in [0.717, 1.165) is 26.2 Å². The lowest BCUT2D eigenvalue weighted by Crippen LogP contribution is -2.48. The Labute approximate surface area is 128 Å². The molecule has 7 heteroatoms. The average Bonchev–Trinajstić information content (AvgIpc) is 2.48. The topological polar surface area (TPSA) is 53.6 Å². The molecule has 0 unspecified atom stereocenters. The number of hydrogen-bond donors (Lipinski definition) is 2. The SMILES string of the molecule is COc1cc(Cl)c(Cl)cc1NCC(=O)N1CCNCC1. The maximum atomic E-state index is 12.1. The smallest absolute Gasteiger partial charge is 0.241 e. The summed E-state index contributed by atoms with van der Waals surface area (Å²) in [6.45, 7) is 3.34. The normalized spacial score (nSPS) is 15.1. The lowest BCUT2D eigenvalue weighted by molar-refractivity contribution is -0.129. The van der Waals surface area contributed by atoms with Gasteiger partial charge in [0, 0.05) is 32.2 Å². The highest BCUT2D eigenvalue weighted by Gasteiger charge is 2.16. The minimum Gasteiger partial charge on any atom is -0.495 e. The number of ether oxygens (including phenoxy) is 1. The number of anilines is 1. The van der Waals surface area contributed by atoms with Crippen molar-refractivity contribution in [3.63, 3.8) is 0 Å². The van der Waals surface area contributed by atoms with E-state index in [-0.39, 0.29) is 12.5 Å². The van der Waals surface area contributed by atoms with Crippen LogP contribution in [-0.4, -0.2) is 50.6 Å². The van der Waals surface area contributed by atoms with E-state index in [4.69, 9.17) is 27.9 Å². The number of carbonyl (C=O) groups excluding carboxylic acids is 1. The number of nitrogens with zero attached hydrogens (tertiary/aromatic N) is 1. The molecule has 0 saturated carbocycles. The van der Waals surface area contributed by atoms with Gasteiger partial charge in [-0.25, -0.2) is 0 Å². The molecule has 0 bridgehead atoms. The van der Waals surface area contributed by atoms with Gasteiger partial charge in [0.15, 0.2) is 0 Å². The average molecular weight is 318 g/mol. The van der Waals surface area contributed by atoms with Crippen molar-refractivity contribution >= 4 is 34.8 Å². The van der Waals surface area contributed by atoms with Gasteiger partial charge < -0.3 is 20.3 Å². The molecule has 0 atom stereocenters. The van der Waals surface area contributed by atoms with Crippen molar-refractivity contribution < 1.29 is 9.53 Å². The van der Waals surface area contributed by atoms with Crippen molar-refractivity contribution in [3.8, 4) is 5.75 Å². The maximum Gasteiger partial charge on any atom is 0.241 e. The third-order valence-corrected chi connectivity index (χ3v) is 3.86. The molecule has 1 aliphatic rings. The molecule has 0 radical (unpaired) electrons. The second kappa shape index (κ2) is 7.02. The van der Waals surface area contributed by atoms with Crippen LogP contribution in [0.25, 0.3) is 0 Å². The van der Waals surface area contributed by atoms with Gasteiger partial charge in [-0.3, -0.25) is 4.79 Å². The Kier molecular flexibility index (Phi) is 5.34. The van der Waals surface area contributed by atoms with Gasteiger partial charge in [0.25, 0.3) is 0 Å². The minimum atomic E-state index is 0.0552. The molecule has 1 aliphatic heterocycles. The van der Waals surface area contributed by atoms with E-state index in [1.807, 2.05) is 4.90 Å². The molecular formula is C13H17Cl2N3O2. The van der Waals surface area contributed by atoms with Crippen LogP contribution in [0.3, 0.4) is 0 Å². The fourth-order valence-electron chi connectivity index (χ4n) is 2.03. The molecule has 0 spiro atoms. The summed E-state index contributed by atoms with van der Waals surface area (Å²) in [5, 5.41) is 7.10. The molecule has 2 N–H and O–H groups in total. The molecule has 0 aliphatic carbocycles. The number of amides is 1.